The van der Waals surface area contributed by atoms with Crippen LogP contribution in [-0.2, 0) is 22.4 Å². The molecule has 29 heavy (non-hydrogen) atoms. The fourth-order valence-corrected chi connectivity index (χ4v) is 6.06. The van der Waals surface area contributed by atoms with Gasteiger partial charge in [0.15, 0.2) is 12.3 Å². The summed E-state index contributed by atoms with van der Waals surface area (Å²) in [6.07, 6.45) is 5.13. The van der Waals surface area contributed by atoms with Gasteiger partial charge in [0, 0.05) is 10.3 Å². The van der Waals surface area contributed by atoms with Gasteiger partial charge in [0.05, 0.1) is 10.4 Å². The third-order valence-corrected chi connectivity index (χ3v) is 7.65. The van der Waals surface area contributed by atoms with Crippen molar-refractivity contribution in [3.05, 3.63) is 44.6 Å². The van der Waals surface area contributed by atoms with Gasteiger partial charge in [-0.25, -0.2) is 9.78 Å². The maximum atomic E-state index is 12.3. The van der Waals surface area contributed by atoms with Gasteiger partial charge in [0.2, 0.25) is 0 Å². The van der Waals surface area contributed by atoms with E-state index in [0.717, 1.165) is 47.6 Å². The molecule has 3 aromatic heterocycles. The number of nitrogens with one attached hydrogen (secondary N) is 1. The summed E-state index contributed by atoms with van der Waals surface area (Å²) in [5, 5.41) is 17.1. The lowest BCUT2D eigenvalue weighted by atomic mass is 10.1. The van der Waals surface area contributed by atoms with Crippen LogP contribution < -0.4 is 5.32 Å². The second-order valence-corrected chi connectivity index (χ2v) is 9.43. The topological polar surface area (TPSA) is 92.1 Å². The number of aryl methyl sites for hydroxylation is 1. The zero-order valence-corrected chi connectivity index (χ0v) is 17.8. The van der Waals surface area contributed by atoms with Gasteiger partial charge in [-0.05, 0) is 42.7 Å². The largest absolute Gasteiger partial charge is 0.451 e. The Labute approximate surface area is 179 Å². The van der Waals surface area contributed by atoms with Crippen molar-refractivity contribution in [3.63, 3.8) is 0 Å². The first-order valence-corrected chi connectivity index (χ1v) is 11.7. The van der Waals surface area contributed by atoms with Gasteiger partial charge in [-0.1, -0.05) is 12.5 Å². The summed E-state index contributed by atoms with van der Waals surface area (Å²) in [6, 6.07) is 6.08. The van der Waals surface area contributed by atoms with Gasteiger partial charge in [-0.2, -0.15) is 5.26 Å². The Kier molecular flexibility index (Phi) is 6.04. The highest BCUT2D eigenvalue weighted by Crippen LogP contribution is 2.37. The van der Waals surface area contributed by atoms with Gasteiger partial charge in [-0.3, -0.25) is 4.79 Å². The maximum Gasteiger partial charge on any atom is 0.358 e. The molecule has 0 fully saturated rings. The molecule has 0 atom stereocenters. The predicted octanol–water partition coefficient (Wildman–Crippen LogP) is 4.87. The molecule has 0 spiro atoms. The molecule has 1 amide bonds. The summed E-state index contributed by atoms with van der Waals surface area (Å²) in [5.41, 5.74) is 1.80. The van der Waals surface area contributed by atoms with Crippen LogP contribution in [0.25, 0.3) is 9.88 Å². The van der Waals surface area contributed by atoms with Crippen molar-refractivity contribution in [1.29, 1.82) is 5.26 Å². The number of thiazole rings is 1. The molecule has 0 aliphatic heterocycles. The number of thiophene rings is 2. The van der Waals surface area contributed by atoms with Crippen LogP contribution in [0.4, 0.5) is 5.00 Å². The van der Waals surface area contributed by atoms with E-state index in [1.807, 2.05) is 17.5 Å². The molecule has 9 heteroatoms. The van der Waals surface area contributed by atoms with Crippen LogP contribution >= 0.6 is 34.0 Å². The molecule has 3 aromatic rings. The van der Waals surface area contributed by atoms with E-state index in [2.05, 4.69) is 16.4 Å². The Hall–Kier alpha value is -2.54. The lowest BCUT2D eigenvalue weighted by Crippen LogP contribution is -2.21. The maximum absolute atomic E-state index is 12.3. The molecule has 0 saturated heterocycles. The molecule has 1 N–H and O–H groups in total. The molecule has 148 valence electrons. The van der Waals surface area contributed by atoms with Crippen LogP contribution in [0, 0.1) is 11.3 Å². The summed E-state index contributed by atoms with van der Waals surface area (Å²) in [6.45, 7) is -0.419. The van der Waals surface area contributed by atoms with Crippen molar-refractivity contribution in [1.82, 2.24) is 4.98 Å². The highest BCUT2D eigenvalue weighted by molar-refractivity contribution is 7.20. The van der Waals surface area contributed by atoms with E-state index < -0.39 is 18.5 Å². The average molecular weight is 444 g/mol. The smallest absolute Gasteiger partial charge is 0.358 e. The second-order valence-electron chi connectivity index (χ2n) is 6.52. The van der Waals surface area contributed by atoms with E-state index in [-0.39, 0.29) is 5.69 Å². The number of anilines is 1. The van der Waals surface area contributed by atoms with Gasteiger partial charge in [0.1, 0.15) is 16.1 Å². The number of nitrogens with zero attached hydrogens (tertiary/aromatic N) is 2. The quantitative estimate of drug-likeness (QED) is 0.449. The van der Waals surface area contributed by atoms with Gasteiger partial charge >= 0.3 is 5.97 Å². The van der Waals surface area contributed by atoms with E-state index in [1.165, 1.54) is 27.6 Å². The minimum Gasteiger partial charge on any atom is -0.451 e. The Bertz CT molecular complexity index is 1080. The molecular formula is C20H17N3O3S3. The standard InChI is InChI=1S/C20H17N3O3S3/c21-9-13-12-5-2-1-3-6-15(12)29-18(13)23-17(24)10-26-20(25)14-11-28-19(22-14)16-7-4-8-27-16/h4,7-8,11H,1-3,5-6,10H2,(H,23,24). The number of hydrogen-bond donors (Lipinski definition) is 1. The zero-order chi connectivity index (χ0) is 20.2. The SMILES string of the molecule is N#Cc1c(NC(=O)COC(=O)c2csc(-c3cccs3)n2)sc2c1CCCCC2. The third kappa shape index (κ3) is 4.40. The lowest BCUT2D eigenvalue weighted by molar-refractivity contribution is -0.119. The number of fused-ring (bicyclic) bond motifs is 1. The molecule has 0 bridgehead atoms. The van der Waals surface area contributed by atoms with E-state index in [0.29, 0.717) is 10.6 Å². The van der Waals surface area contributed by atoms with Gasteiger partial charge in [-0.15, -0.1) is 34.0 Å². The Morgan fingerprint density at radius 1 is 1.24 bits per heavy atom. The van der Waals surface area contributed by atoms with Crippen molar-refractivity contribution in [2.45, 2.75) is 32.1 Å². The first kappa shape index (κ1) is 19.8. The summed E-state index contributed by atoms with van der Waals surface area (Å²) >= 11 is 4.36. The predicted molar refractivity (Wildman–Crippen MR) is 115 cm³/mol. The van der Waals surface area contributed by atoms with Crippen molar-refractivity contribution >= 4 is 50.9 Å². The molecule has 1 aliphatic rings. The normalized spacial score (nSPS) is 13.2. The Balaban J connectivity index is 1.37. The molecule has 0 saturated carbocycles. The van der Waals surface area contributed by atoms with E-state index in [1.54, 1.807) is 16.7 Å². The number of rotatable bonds is 5. The van der Waals surface area contributed by atoms with Crippen LogP contribution in [0.5, 0.6) is 0 Å². The van der Waals surface area contributed by atoms with Crippen LogP contribution in [-0.4, -0.2) is 23.5 Å². The van der Waals surface area contributed by atoms with Crippen molar-refractivity contribution in [3.8, 4) is 16.0 Å². The average Bonchev–Trinajstić information content (AvgIpc) is 3.43. The molecule has 1 aliphatic carbocycles. The van der Waals surface area contributed by atoms with Crippen molar-refractivity contribution in [2.75, 3.05) is 11.9 Å². The summed E-state index contributed by atoms with van der Waals surface area (Å²) < 4.78 is 5.11. The van der Waals surface area contributed by atoms with Crippen LogP contribution in [0.3, 0.4) is 0 Å². The first-order valence-electron chi connectivity index (χ1n) is 9.16. The van der Waals surface area contributed by atoms with Crippen molar-refractivity contribution < 1.29 is 14.3 Å². The summed E-state index contributed by atoms with van der Waals surface area (Å²) in [7, 11) is 0. The summed E-state index contributed by atoms with van der Waals surface area (Å²) in [5.74, 6) is -1.10. The highest BCUT2D eigenvalue weighted by Gasteiger charge is 2.22. The molecule has 3 heterocycles. The Morgan fingerprint density at radius 2 is 2.10 bits per heavy atom. The lowest BCUT2D eigenvalue weighted by Gasteiger charge is -2.05. The number of nitriles is 1. The molecule has 0 aromatic carbocycles. The van der Waals surface area contributed by atoms with Crippen LogP contribution in [0.15, 0.2) is 22.9 Å². The van der Waals surface area contributed by atoms with E-state index >= 15 is 0 Å². The minimum absolute atomic E-state index is 0.187. The number of carbonyl (C=O) groups is 2. The fourth-order valence-electron chi connectivity index (χ4n) is 3.20. The number of amides is 1. The van der Waals surface area contributed by atoms with E-state index in [4.69, 9.17) is 4.74 Å². The molecule has 4 rings (SSSR count). The third-order valence-electron chi connectivity index (χ3n) is 4.57. The van der Waals surface area contributed by atoms with Crippen molar-refractivity contribution in [2.24, 2.45) is 0 Å². The van der Waals surface area contributed by atoms with Gasteiger partial charge < -0.3 is 10.1 Å². The zero-order valence-electron chi connectivity index (χ0n) is 15.4. The molecule has 0 unspecified atom stereocenters. The number of hydrogen-bond acceptors (Lipinski definition) is 8. The monoisotopic (exact) mass is 443 g/mol. The fraction of sp³-hybridized carbons (Fsp3) is 0.300. The molecule has 0 radical (unpaired) electrons. The number of ether oxygens (including phenoxy) is 1. The van der Waals surface area contributed by atoms with Crippen LogP contribution in [0.2, 0.25) is 0 Å². The second kappa shape index (κ2) is 8.86. The number of carbonyl (C=O) groups excluding carboxylic acids is 2. The molecule has 6 nitrogen and oxygen atoms in total. The number of aromatic nitrogens is 1. The summed E-state index contributed by atoms with van der Waals surface area (Å²) in [4.78, 5) is 30.9. The number of esters is 1. The van der Waals surface area contributed by atoms with Crippen LogP contribution in [0.1, 0.15) is 45.8 Å². The minimum atomic E-state index is -0.637. The molecular weight excluding hydrogens is 426 g/mol. The Morgan fingerprint density at radius 3 is 2.90 bits per heavy atom. The highest BCUT2D eigenvalue weighted by atomic mass is 32.1. The first-order chi connectivity index (χ1) is 14.2. The van der Waals surface area contributed by atoms with Gasteiger partial charge in [0.25, 0.3) is 5.91 Å². The van der Waals surface area contributed by atoms with E-state index in [9.17, 15) is 14.9 Å².